The van der Waals surface area contributed by atoms with E-state index >= 15 is 0 Å². The van der Waals surface area contributed by atoms with Gasteiger partial charge in [0.1, 0.15) is 9.88 Å². The Morgan fingerprint density at radius 2 is 1.85 bits per heavy atom. The number of methoxy groups -OCH3 is 2. The molecule has 8 nitrogen and oxygen atoms in total. The van der Waals surface area contributed by atoms with Crippen LogP contribution in [0.15, 0.2) is 40.0 Å². The molecule has 0 aliphatic rings. The van der Waals surface area contributed by atoms with Crippen molar-refractivity contribution in [1.82, 2.24) is 10.2 Å². The lowest BCUT2D eigenvalue weighted by molar-refractivity contribution is 0.0601. The van der Waals surface area contributed by atoms with Crippen molar-refractivity contribution in [2.75, 3.05) is 20.0 Å². The number of nitrogens with two attached hydrogens (primary N) is 1. The maximum Gasteiger partial charge on any atom is 0.348 e. The van der Waals surface area contributed by atoms with Gasteiger partial charge in [-0.05, 0) is 12.1 Å². The largest absolute Gasteiger partial charge is 0.465 e. The van der Waals surface area contributed by atoms with Crippen molar-refractivity contribution in [3.8, 4) is 11.5 Å². The number of carbonyl (C=O) groups excluding carboxylic acids is 2. The summed E-state index contributed by atoms with van der Waals surface area (Å²) in [6.45, 7) is 0. The Balaban J connectivity index is 1.86. The maximum absolute atomic E-state index is 12.1. The molecule has 10 heteroatoms. The summed E-state index contributed by atoms with van der Waals surface area (Å²) in [5.74, 6) is -0.610. The molecule has 0 saturated carbocycles. The van der Waals surface area contributed by atoms with E-state index in [2.05, 4.69) is 10.2 Å². The Hall–Kier alpha value is -2.85. The molecule has 0 radical (unpaired) electrons. The summed E-state index contributed by atoms with van der Waals surface area (Å²) >= 11 is 2.16. The molecule has 140 valence electrons. The Labute approximate surface area is 162 Å². The molecule has 1 aromatic carbocycles. The van der Waals surface area contributed by atoms with Crippen LogP contribution in [0.2, 0.25) is 0 Å². The Bertz CT molecular complexity index is 968. The first kappa shape index (κ1) is 18.9. The highest BCUT2D eigenvalue weighted by Crippen LogP contribution is 2.36. The van der Waals surface area contributed by atoms with E-state index in [0.717, 1.165) is 16.9 Å². The topological polar surface area (TPSA) is 118 Å². The maximum atomic E-state index is 12.1. The first-order chi connectivity index (χ1) is 13.0. The quantitative estimate of drug-likeness (QED) is 0.487. The molecule has 3 aromatic rings. The van der Waals surface area contributed by atoms with E-state index in [0.29, 0.717) is 16.7 Å². The van der Waals surface area contributed by atoms with Crippen molar-refractivity contribution in [2.24, 2.45) is 0 Å². The summed E-state index contributed by atoms with van der Waals surface area (Å²) in [7, 11) is 2.51. The lowest BCUT2D eigenvalue weighted by Gasteiger charge is -2.04. The second-order valence-electron chi connectivity index (χ2n) is 5.16. The number of ether oxygens (including phenoxy) is 2. The summed E-state index contributed by atoms with van der Waals surface area (Å²) in [6, 6.07) is 9.33. The number of carbonyl (C=O) groups is 2. The van der Waals surface area contributed by atoms with Crippen LogP contribution in [0, 0.1) is 0 Å². The van der Waals surface area contributed by atoms with E-state index in [9.17, 15) is 9.59 Å². The van der Waals surface area contributed by atoms with Gasteiger partial charge in [0, 0.05) is 16.9 Å². The zero-order chi connectivity index (χ0) is 19.4. The van der Waals surface area contributed by atoms with Crippen LogP contribution in [-0.4, -0.2) is 36.4 Å². The number of hydrogen-bond donors (Lipinski definition) is 1. The number of rotatable bonds is 6. The summed E-state index contributed by atoms with van der Waals surface area (Å²) in [4.78, 5) is 24.3. The second kappa shape index (κ2) is 8.23. The molecule has 0 fully saturated rings. The van der Waals surface area contributed by atoms with Crippen molar-refractivity contribution in [3.05, 3.63) is 46.3 Å². The number of benzene rings is 1. The van der Waals surface area contributed by atoms with Gasteiger partial charge < -0.3 is 19.6 Å². The zero-order valence-electron chi connectivity index (χ0n) is 14.4. The van der Waals surface area contributed by atoms with Gasteiger partial charge in [0.15, 0.2) is 0 Å². The first-order valence-corrected chi connectivity index (χ1v) is 9.44. The van der Waals surface area contributed by atoms with Crippen LogP contribution in [0.4, 0.5) is 5.00 Å². The minimum Gasteiger partial charge on any atom is -0.465 e. The molecule has 2 aromatic heterocycles. The molecular weight excluding hydrogens is 390 g/mol. The van der Waals surface area contributed by atoms with Gasteiger partial charge >= 0.3 is 11.9 Å². The Morgan fingerprint density at radius 3 is 2.52 bits per heavy atom. The highest BCUT2D eigenvalue weighted by molar-refractivity contribution is 7.98. The molecule has 27 heavy (non-hydrogen) atoms. The summed E-state index contributed by atoms with van der Waals surface area (Å²) < 4.78 is 15.2. The van der Waals surface area contributed by atoms with Crippen molar-refractivity contribution in [3.63, 3.8) is 0 Å². The molecule has 0 saturated heterocycles. The number of esters is 2. The molecule has 0 atom stereocenters. The SMILES string of the molecule is COC(=O)c1sc(N)c(C(=O)OC)c1CSc1nnc(-c2ccccc2)o1. The average Bonchev–Trinajstić information content (AvgIpc) is 3.30. The molecule has 0 bridgehead atoms. The fourth-order valence-electron chi connectivity index (χ4n) is 2.31. The average molecular weight is 405 g/mol. The molecule has 0 unspecified atom stereocenters. The molecule has 2 N–H and O–H groups in total. The predicted octanol–water partition coefficient (Wildman–Crippen LogP) is 3.25. The number of nitrogen functional groups attached to an aromatic ring is 1. The summed E-state index contributed by atoms with van der Waals surface area (Å²) in [6.07, 6.45) is 0. The third-order valence-corrected chi connectivity index (χ3v) is 5.45. The third-order valence-electron chi connectivity index (χ3n) is 3.56. The van der Waals surface area contributed by atoms with Crippen LogP contribution in [-0.2, 0) is 15.2 Å². The van der Waals surface area contributed by atoms with Gasteiger partial charge in [-0.3, -0.25) is 0 Å². The number of thiophene rings is 1. The number of hydrogen-bond acceptors (Lipinski definition) is 10. The van der Waals surface area contributed by atoms with Crippen LogP contribution in [0.5, 0.6) is 0 Å². The van der Waals surface area contributed by atoms with Gasteiger partial charge in [0.05, 0.1) is 19.8 Å². The van der Waals surface area contributed by atoms with Crippen LogP contribution in [0.3, 0.4) is 0 Å². The monoisotopic (exact) mass is 405 g/mol. The van der Waals surface area contributed by atoms with Crippen molar-refractivity contribution >= 4 is 40.0 Å². The van der Waals surface area contributed by atoms with E-state index in [4.69, 9.17) is 19.6 Å². The van der Waals surface area contributed by atoms with Gasteiger partial charge in [-0.1, -0.05) is 30.0 Å². The second-order valence-corrected chi connectivity index (χ2v) is 7.14. The van der Waals surface area contributed by atoms with Gasteiger partial charge in [-0.2, -0.15) is 0 Å². The Kier molecular flexibility index (Phi) is 5.77. The van der Waals surface area contributed by atoms with E-state index in [1.807, 2.05) is 30.3 Å². The van der Waals surface area contributed by atoms with E-state index < -0.39 is 11.9 Å². The fraction of sp³-hybridized carbons (Fsp3) is 0.176. The highest BCUT2D eigenvalue weighted by atomic mass is 32.2. The van der Waals surface area contributed by atoms with E-state index in [-0.39, 0.29) is 21.2 Å². The smallest absolute Gasteiger partial charge is 0.348 e. The lowest BCUT2D eigenvalue weighted by atomic mass is 10.1. The number of anilines is 1. The predicted molar refractivity (Wildman–Crippen MR) is 101 cm³/mol. The molecule has 0 aliphatic heterocycles. The Morgan fingerprint density at radius 1 is 1.15 bits per heavy atom. The van der Waals surface area contributed by atoms with Crippen LogP contribution >= 0.6 is 23.1 Å². The van der Waals surface area contributed by atoms with Crippen LogP contribution in [0.25, 0.3) is 11.5 Å². The van der Waals surface area contributed by atoms with Crippen LogP contribution in [0.1, 0.15) is 25.6 Å². The van der Waals surface area contributed by atoms with E-state index in [1.54, 1.807) is 0 Å². The normalized spacial score (nSPS) is 10.6. The molecule has 0 amide bonds. The lowest BCUT2D eigenvalue weighted by Crippen LogP contribution is -2.08. The third kappa shape index (κ3) is 3.96. The fourth-order valence-corrected chi connectivity index (χ4v) is 4.18. The minimum absolute atomic E-state index is 0.151. The van der Waals surface area contributed by atoms with Gasteiger partial charge in [0.25, 0.3) is 5.22 Å². The molecular formula is C17H15N3O5S2. The molecule has 0 aliphatic carbocycles. The zero-order valence-corrected chi connectivity index (χ0v) is 16.1. The number of aromatic nitrogens is 2. The van der Waals surface area contributed by atoms with Crippen molar-refractivity contribution in [2.45, 2.75) is 11.0 Å². The van der Waals surface area contributed by atoms with Crippen molar-refractivity contribution in [1.29, 1.82) is 0 Å². The number of thioether (sulfide) groups is 1. The molecule has 3 rings (SSSR count). The van der Waals surface area contributed by atoms with Gasteiger partial charge in [0.2, 0.25) is 5.89 Å². The molecule has 2 heterocycles. The first-order valence-electron chi connectivity index (χ1n) is 7.64. The summed E-state index contributed by atoms with van der Waals surface area (Å²) in [5, 5.41) is 8.48. The minimum atomic E-state index is -0.620. The van der Waals surface area contributed by atoms with Crippen molar-refractivity contribution < 1.29 is 23.5 Å². The number of nitrogens with zero attached hydrogens (tertiary/aromatic N) is 2. The summed E-state index contributed by atoms with van der Waals surface area (Å²) in [5.41, 5.74) is 7.27. The van der Waals surface area contributed by atoms with E-state index in [1.165, 1.54) is 26.0 Å². The van der Waals surface area contributed by atoms with Gasteiger partial charge in [-0.25, -0.2) is 9.59 Å². The van der Waals surface area contributed by atoms with Gasteiger partial charge in [-0.15, -0.1) is 21.5 Å². The highest BCUT2D eigenvalue weighted by Gasteiger charge is 2.27. The molecule has 0 spiro atoms. The van der Waals surface area contributed by atoms with Crippen LogP contribution < -0.4 is 5.73 Å². The standard InChI is InChI=1S/C17H15N3O5S2/c1-23-15(21)11-10(12(16(22)24-2)27-13(11)18)8-26-17-20-19-14(25-17)9-6-4-3-5-7-9/h3-7H,8,18H2,1-2H3.